The molecule has 1 aromatic heterocycles. The van der Waals surface area contributed by atoms with Gasteiger partial charge in [-0.1, -0.05) is 12.1 Å². The molecule has 1 unspecified atom stereocenters. The highest BCUT2D eigenvalue weighted by Gasteiger charge is 2.35. The number of carbonyl (C=O) groups excluding carboxylic acids is 1. The molecular weight excluding hydrogens is 495 g/mol. The fourth-order valence-electron chi connectivity index (χ4n) is 3.52. The summed E-state index contributed by atoms with van der Waals surface area (Å²) in [4.78, 5) is 20.1. The molecule has 0 saturated carbocycles. The number of amides is 1. The first kappa shape index (κ1) is 25.1. The summed E-state index contributed by atoms with van der Waals surface area (Å²) in [6.07, 6.45) is -7.85. The summed E-state index contributed by atoms with van der Waals surface area (Å²) in [7, 11) is 0. The Kier molecular flexibility index (Phi) is 6.65. The summed E-state index contributed by atoms with van der Waals surface area (Å²) in [5.74, 6) is -1.80. The Bertz CT molecular complexity index is 1250. The molecule has 0 radical (unpaired) electrons. The number of benzene rings is 2. The predicted molar refractivity (Wildman–Crippen MR) is 114 cm³/mol. The van der Waals surface area contributed by atoms with E-state index in [0.29, 0.717) is 23.7 Å². The monoisotopic (exact) mass is 511 g/mol. The minimum Gasteiger partial charge on any atom is -0.324 e. The Morgan fingerprint density at radius 3 is 2.03 bits per heavy atom. The van der Waals surface area contributed by atoms with Gasteiger partial charge >= 0.3 is 12.4 Å². The van der Waals surface area contributed by atoms with Crippen LogP contribution in [0.15, 0.2) is 66.0 Å². The zero-order chi connectivity index (χ0) is 26.1. The lowest BCUT2D eigenvalue weighted by atomic mass is 9.96. The van der Waals surface area contributed by atoms with Crippen molar-refractivity contribution >= 4 is 17.3 Å². The minimum atomic E-state index is -4.62. The lowest BCUT2D eigenvalue weighted by Gasteiger charge is -2.16. The van der Waals surface area contributed by atoms with Crippen LogP contribution in [0.1, 0.15) is 28.4 Å². The van der Waals surface area contributed by atoms with Crippen LogP contribution in [0.4, 0.5) is 36.4 Å². The maximum atomic E-state index is 13.4. The van der Waals surface area contributed by atoms with E-state index in [-0.39, 0.29) is 24.6 Å². The van der Waals surface area contributed by atoms with Crippen LogP contribution in [0.25, 0.3) is 0 Å². The van der Waals surface area contributed by atoms with E-state index in [1.54, 1.807) is 0 Å². The number of aromatic nitrogens is 2. The average molecular weight is 511 g/mol. The van der Waals surface area contributed by atoms with E-state index in [9.17, 15) is 35.5 Å². The first-order valence-electron chi connectivity index (χ1n) is 10.4. The zero-order valence-electron chi connectivity index (χ0n) is 18.1. The van der Waals surface area contributed by atoms with Crippen LogP contribution >= 0.6 is 0 Å². The van der Waals surface area contributed by atoms with Crippen LogP contribution in [0.5, 0.6) is 0 Å². The van der Waals surface area contributed by atoms with Gasteiger partial charge in [0, 0.05) is 18.1 Å². The Morgan fingerprint density at radius 2 is 1.47 bits per heavy atom. The normalized spacial score (nSPS) is 16.1. The maximum absolute atomic E-state index is 13.4. The molecule has 0 fully saturated rings. The Morgan fingerprint density at radius 1 is 0.889 bits per heavy atom. The molecule has 188 valence electrons. The quantitative estimate of drug-likeness (QED) is 0.485. The van der Waals surface area contributed by atoms with Crippen LogP contribution in [-0.2, 0) is 17.1 Å². The van der Waals surface area contributed by atoms with Crippen molar-refractivity contribution in [3.63, 3.8) is 0 Å². The number of nitrogens with one attached hydrogen (secondary N) is 1. The molecule has 0 bridgehead atoms. The molecule has 3 aromatic rings. The number of rotatable bonds is 5. The minimum absolute atomic E-state index is 0.0247. The number of anilines is 1. The van der Waals surface area contributed by atoms with Crippen molar-refractivity contribution in [2.24, 2.45) is 5.10 Å². The second-order valence-corrected chi connectivity index (χ2v) is 7.84. The summed E-state index contributed by atoms with van der Waals surface area (Å²) in [6.45, 7) is -0.290. The third-order valence-electron chi connectivity index (χ3n) is 5.25. The highest BCUT2D eigenvalue weighted by molar-refractivity contribution is 6.06. The van der Waals surface area contributed by atoms with Crippen molar-refractivity contribution < 1.29 is 35.5 Å². The van der Waals surface area contributed by atoms with Crippen molar-refractivity contribution in [2.75, 3.05) is 18.4 Å². The molecular formula is C23H16F7N5O. The maximum Gasteiger partial charge on any atom is 0.419 e. The molecule has 1 amide bonds. The van der Waals surface area contributed by atoms with Crippen molar-refractivity contribution in [1.29, 1.82) is 0 Å². The van der Waals surface area contributed by atoms with E-state index in [1.807, 2.05) is 0 Å². The van der Waals surface area contributed by atoms with Crippen LogP contribution < -0.4 is 5.32 Å². The van der Waals surface area contributed by atoms with Gasteiger partial charge in [-0.05, 0) is 42.0 Å². The van der Waals surface area contributed by atoms with Crippen LogP contribution in [-0.4, -0.2) is 39.7 Å². The summed E-state index contributed by atoms with van der Waals surface area (Å²) in [5.41, 5.74) is -0.990. The first-order chi connectivity index (χ1) is 16.9. The number of halogens is 7. The van der Waals surface area contributed by atoms with Gasteiger partial charge in [0.05, 0.1) is 29.3 Å². The van der Waals surface area contributed by atoms with Crippen molar-refractivity contribution in [3.8, 4) is 0 Å². The van der Waals surface area contributed by atoms with E-state index in [1.165, 1.54) is 29.3 Å². The Hall–Kier alpha value is -4.03. The van der Waals surface area contributed by atoms with Crippen LogP contribution in [0.3, 0.4) is 0 Å². The number of alkyl halides is 6. The fraction of sp³-hybridized carbons (Fsp3) is 0.217. The lowest BCUT2D eigenvalue weighted by Crippen LogP contribution is -2.29. The molecule has 6 nitrogen and oxygen atoms in total. The van der Waals surface area contributed by atoms with Gasteiger partial charge in [0.15, 0.2) is 0 Å². The molecule has 36 heavy (non-hydrogen) atoms. The number of hydrogen-bond acceptors (Lipinski definition) is 5. The number of nitrogens with zero attached hydrogens (tertiary/aromatic N) is 4. The molecule has 1 aliphatic heterocycles. The second-order valence-electron chi connectivity index (χ2n) is 7.84. The molecule has 0 saturated heterocycles. The van der Waals surface area contributed by atoms with E-state index in [2.05, 4.69) is 20.4 Å². The van der Waals surface area contributed by atoms with Gasteiger partial charge in [-0.2, -0.15) is 31.4 Å². The lowest BCUT2D eigenvalue weighted by molar-refractivity contribution is -0.138. The van der Waals surface area contributed by atoms with Crippen molar-refractivity contribution in [1.82, 2.24) is 15.0 Å². The molecule has 1 aliphatic rings. The van der Waals surface area contributed by atoms with E-state index in [0.717, 1.165) is 24.3 Å². The summed E-state index contributed by atoms with van der Waals surface area (Å²) in [6, 6.07) is 9.09. The van der Waals surface area contributed by atoms with E-state index < -0.39 is 41.1 Å². The largest absolute Gasteiger partial charge is 0.419 e. The third-order valence-corrected chi connectivity index (χ3v) is 5.25. The number of carbonyl (C=O) groups is 1. The van der Waals surface area contributed by atoms with Crippen molar-refractivity contribution in [2.45, 2.75) is 18.3 Å². The van der Waals surface area contributed by atoms with Crippen molar-refractivity contribution in [3.05, 3.63) is 89.3 Å². The van der Waals surface area contributed by atoms with Gasteiger partial charge in [-0.3, -0.25) is 9.80 Å². The zero-order valence-corrected chi connectivity index (χ0v) is 18.1. The number of hydrogen-bond donors (Lipinski definition) is 1. The van der Waals surface area contributed by atoms with Gasteiger partial charge in [0.25, 0.3) is 0 Å². The Labute approximate surface area is 199 Å². The summed E-state index contributed by atoms with van der Waals surface area (Å²) in [5, 5.41) is 8.15. The molecule has 13 heteroatoms. The molecule has 0 aliphatic carbocycles. The molecule has 2 heterocycles. The molecule has 0 spiro atoms. The fourth-order valence-corrected chi connectivity index (χ4v) is 3.52. The SMILES string of the molecule is O=C(CN1CC(c2ncc(C(F)(F)F)cn2)C(c2ccc(F)cc2)=N1)Nc1ccc(C(F)(F)F)cc1. The molecule has 1 atom stereocenters. The molecule has 2 aromatic carbocycles. The topological polar surface area (TPSA) is 70.5 Å². The Balaban J connectivity index is 1.52. The average Bonchev–Trinajstić information content (AvgIpc) is 3.22. The standard InChI is InChI=1S/C23H16F7N5O/c24-16-5-1-13(2-6-16)20-18(21-31-9-15(10-32-21)23(28,29)30)11-35(34-20)12-19(36)33-17-7-3-14(4-8-17)22(25,26)27/h1-10,18H,11-12H2,(H,33,36). The van der Waals surface area contributed by atoms with Gasteiger partial charge in [0.1, 0.15) is 18.2 Å². The van der Waals surface area contributed by atoms with Gasteiger partial charge in [0.2, 0.25) is 5.91 Å². The summed E-state index contributed by atoms with van der Waals surface area (Å²) >= 11 is 0. The highest BCUT2D eigenvalue weighted by atomic mass is 19.4. The van der Waals surface area contributed by atoms with E-state index >= 15 is 0 Å². The predicted octanol–water partition coefficient (Wildman–Crippen LogP) is 5.10. The molecule has 1 N–H and O–H groups in total. The van der Waals surface area contributed by atoms with Crippen LogP contribution in [0.2, 0.25) is 0 Å². The van der Waals surface area contributed by atoms with Crippen LogP contribution in [0, 0.1) is 5.82 Å². The first-order valence-corrected chi connectivity index (χ1v) is 10.4. The summed E-state index contributed by atoms with van der Waals surface area (Å²) < 4.78 is 90.2. The van der Waals surface area contributed by atoms with Gasteiger partial charge in [-0.25, -0.2) is 14.4 Å². The van der Waals surface area contributed by atoms with Gasteiger partial charge in [-0.15, -0.1) is 0 Å². The third kappa shape index (κ3) is 5.78. The smallest absolute Gasteiger partial charge is 0.324 e. The number of hydrazone groups is 1. The molecule has 4 rings (SSSR count). The van der Waals surface area contributed by atoms with Gasteiger partial charge < -0.3 is 5.32 Å². The highest BCUT2D eigenvalue weighted by Crippen LogP contribution is 2.31. The second kappa shape index (κ2) is 9.55. The van der Waals surface area contributed by atoms with E-state index in [4.69, 9.17) is 0 Å².